The number of rotatable bonds is 5. The van der Waals surface area contributed by atoms with Crippen molar-refractivity contribution in [3.63, 3.8) is 0 Å². The molecule has 1 aliphatic carbocycles. The number of thiol groups is 1. The number of aryl methyl sites for hydroxylation is 1. The van der Waals surface area contributed by atoms with Gasteiger partial charge in [0.15, 0.2) is 5.78 Å². The molecule has 10 heteroatoms. The van der Waals surface area contributed by atoms with E-state index in [9.17, 15) is 9.59 Å². The first kappa shape index (κ1) is 29.6. The number of anilines is 3. The van der Waals surface area contributed by atoms with Crippen molar-refractivity contribution in [1.82, 2.24) is 24.4 Å². The van der Waals surface area contributed by atoms with Crippen molar-refractivity contribution in [2.24, 2.45) is 0 Å². The van der Waals surface area contributed by atoms with Crippen molar-refractivity contribution in [3.8, 4) is 0 Å². The zero-order chi connectivity index (χ0) is 27.8. The second-order valence-corrected chi connectivity index (χ2v) is 9.42. The summed E-state index contributed by atoms with van der Waals surface area (Å²) in [5, 5.41) is 3.92. The topological polar surface area (TPSA) is 96.2 Å². The van der Waals surface area contributed by atoms with E-state index in [0.29, 0.717) is 23.0 Å². The number of fused-ring (bicyclic) bond motifs is 1. The standard InChI is InChI=1S/C25H31N7O2.C2H6.CH4S/c1-16-20-15-27-25(28-21-9-8-19(14-26-21)31-12-10-30(3)11-13-31)29-23(20)32(18-6-4-5-7-18)24(34)22(16)17(2)33;2*1-2/h8-9,14-15,18H,4-7,10-13H2,1-3H3,(H,26,27,28,29);1-2H3;2H,1H3. The fourth-order valence-electron chi connectivity index (χ4n) is 5.14. The highest BCUT2D eigenvalue weighted by Gasteiger charge is 2.26. The van der Waals surface area contributed by atoms with E-state index in [1.54, 1.807) is 23.9 Å². The smallest absolute Gasteiger partial charge is 0.263 e. The predicted octanol–water partition coefficient (Wildman–Crippen LogP) is 4.88. The summed E-state index contributed by atoms with van der Waals surface area (Å²) in [5.74, 6) is 0.806. The minimum Gasteiger partial charge on any atom is -0.368 e. The minimum absolute atomic E-state index is 0.0532. The third kappa shape index (κ3) is 6.35. The van der Waals surface area contributed by atoms with Gasteiger partial charge in [-0.3, -0.25) is 14.2 Å². The van der Waals surface area contributed by atoms with Crippen LogP contribution in [0.4, 0.5) is 17.5 Å². The molecule has 2 aliphatic rings. The lowest BCUT2D eigenvalue weighted by Gasteiger charge is -2.33. The SMILES string of the molecule is CC.CC(=O)c1c(C)c2cnc(Nc3ccc(N4CCN(C)CC4)cn3)nc2n(C2CCCC2)c1=O.CS. The van der Waals surface area contributed by atoms with Gasteiger partial charge in [-0.2, -0.15) is 17.6 Å². The number of nitrogens with one attached hydrogen (secondary N) is 1. The Kier molecular flexibility index (Phi) is 10.7. The van der Waals surface area contributed by atoms with Gasteiger partial charge in [0.1, 0.15) is 11.5 Å². The molecule has 2 fully saturated rings. The van der Waals surface area contributed by atoms with E-state index < -0.39 is 0 Å². The molecule has 38 heavy (non-hydrogen) atoms. The van der Waals surface area contributed by atoms with Gasteiger partial charge in [-0.1, -0.05) is 26.7 Å². The van der Waals surface area contributed by atoms with Crippen molar-refractivity contribution in [1.29, 1.82) is 0 Å². The van der Waals surface area contributed by atoms with E-state index >= 15 is 0 Å². The molecule has 0 aromatic carbocycles. The highest BCUT2D eigenvalue weighted by atomic mass is 32.1. The number of nitrogens with zero attached hydrogens (tertiary/aromatic N) is 6. The van der Waals surface area contributed by atoms with Crippen LogP contribution in [0.1, 0.15) is 68.4 Å². The number of hydrogen-bond acceptors (Lipinski definition) is 9. The Bertz CT molecular complexity index is 1280. The average molecular weight is 540 g/mol. The fraction of sp³-hybridized carbons (Fsp3) is 0.536. The van der Waals surface area contributed by atoms with Gasteiger partial charge in [0.25, 0.3) is 5.56 Å². The molecular weight excluding hydrogens is 498 g/mol. The Hall–Kier alpha value is -2.98. The second-order valence-electron chi connectivity index (χ2n) is 9.42. The lowest BCUT2D eigenvalue weighted by Crippen LogP contribution is -2.44. The Morgan fingerprint density at radius 2 is 1.68 bits per heavy atom. The highest BCUT2D eigenvalue weighted by Crippen LogP contribution is 2.32. The third-order valence-electron chi connectivity index (χ3n) is 7.11. The van der Waals surface area contributed by atoms with Gasteiger partial charge in [0.05, 0.1) is 17.4 Å². The van der Waals surface area contributed by atoms with Gasteiger partial charge in [0, 0.05) is 43.8 Å². The Balaban J connectivity index is 0.000000956. The van der Waals surface area contributed by atoms with Crippen LogP contribution in [0.2, 0.25) is 0 Å². The summed E-state index contributed by atoms with van der Waals surface area (Å²) >= 11 is 3.53. The van der Waals surface area contributed by atoms with Crippen molar-refractivity contribution in [3.05, 3.63) is 46.0 Å². The number of likely N-dealkylation sites (N-methyl/N-ethyl adjacent to an activating group) is 1. The summed E-state index contributed by atoms with van der Waals surface area (Å²) in [6.07, 6.45) is 9.24. The van der Waals surface area contributed by atoms with E-state index in [1.807, 2.05) is 26.1 Å². The molecule has 0 spiro atoms. The molecule has 206 valence electrons. The van der Waals surface area contributed by atoms with Gasteiger partial charge < -0.3 is 15.1 Å². The molecule has 4 heterocycles. The van der Waals surface area contributed by atoms with E-state index in [0.717, 1.165) is 62.9 Å². The van der Waals surface area contributed by atoms with Gasteiger partial charge in [0.2, 0.25) is 5.95 Å². The van der Waals surface area contributed by atoms with E-state index in [2.05, 4.69) is 50.8 Å². The van der Waals surface area contributed by atoms with Crippen LogP contribution in [0.3, 0.4) is 0 Å². The fourth-order valence-corrected chi connectivity index (χ4v) is 5.14. The first-order chi connectivity index (χ1) is 18.4. The van der Waals surface area contributed by atoms with Gasteiger partial charge in [-0.15, -0.1) is 0 Å². The molecule has 0 radical (unpaired) electrons. The van der Waals surface area contributed by atoms with Gasteiger partial charge in [-0.05, 0) is 57.7 Å². The van der Waals surface area contributed by atoms with Crippen LogP contribution in [0.15, 0.2) is 29.3 Å². The maximum atomic E-state index is 13.4. The third-order valence-corrected chi connectivity index (χ3v) is 7.11. The van der Waals surface area contributed by atoms with Crippen molar-refractivity contribution in [2.75, 3.05) is 49.7 Å². The normalized spacial score (nSPS) is 15.9. The van der Waals surface area contributed by atoms with Crippen molar-refractivity contribution >= 4 is 46.9 Å². The molecule has 5 rings (SSSR count). The zero-order valence-electron chi connectivity index (χ0n) is 23.5. The Morgan fingerprint density at radius 1 is 1.03 bits per heavy atom. The first-order valence-corrected chi connectivity index (χ1v) is 14.4. The van der Waals surface area contributed by atoms with Crippen LogP contribution < -0.4 is 15.8 Å². The second kappa shape index (κ2) is 13.7. The quantitative estimate of drug-likeness (QED) is 0.350. The Labute approximate surface area is 231 Å². The summed E-state index contributed by atoms with van der Waals surface area (Å²) in [5.41, 5.74) is 2.31. The number of aromatic nitrogens is 4. The van der Waals surface area contributed by atoms with E-state index in [1.165, 1.54) is 6.92 Å². The molecule has 0 bridgehead atoms. The zero-order valence-corrected chi connectivity index (χ0v) is 24.4. The molecule has 1 N–H and O–H groups in total. The Morgan fingerprint density at radius 3 is 2.26 bits per heavy atom. The molecular formula is C28H41N7O2S. The lowest BCUT2D eigenvalue weighted by molar-refractivity contribution is 0.101. The summed E-state index contributed by atoms with van der Waals surface area (Å²) in [7, 11) is 2.14. The number of carbonyl (C=O) groups is 1. The number of ketones is 1. The number of hydrogen-bond donors (Lipinski definition) is 2. The lowest BCUT2D eigenvalue weighted by atomic mass is 10.0. The molecule has 3 aromatic heterocycles. The van der Waals surface area contributed by atoms with E-state index in [-0.39, 0.29) is 22.9 Å². The largest absolute Gasteiger partial charge is 0.368 e. The van der Waals surface area contributed by atoms with Gasteiger partial charge in [-0.25, -0.2) is 9.97 Å². The monoisotopic (exact) mass is 539 g/mol. The molecule has 3 aromatic rings. The summed E-state index contributed by atoms with van der Waals surface area (Å²) in [6, 6.07) is 4.03. The van der Waals surface area contributed by atoms with Crippen LogP contribution >= 0.6 is 12.6 Å². The van der Waals surface area contributed by atoms with Crippen LogP contribution in [0.5, 0.6) is 0 Å². The molecule has 0 amide bonds. The molecule has 0 atom stereocenters. The van der Waals surface area contributed by atoms with Crippen LogP contribution in [0, 0.1) is 6.92 Å². The summed E-state index contributed by atoms with van der Waals surface area (Å²) in [4.78, 5) is 44.1. The number of pyridine rings is 2. The van der Waals surface area contributed by atoms with E-state index in [4.69, 9.17) is 4.98 Å². The van der Waals surface area contributed by atoms with Crippen molar-refractivity contribution < 1.29 is 4.79 Å². The molecule has 1 aliphatic heterocycles. The number of carbonyl (C=O) groups excluding carboxylic acids is 1. The summed E-state index contributed by atoms with van der Waals surface area (Å²) in [6.45, 7) is 11.3. The predicted molar refractivity (Wildman–Crippen MR) is 160 cm³/mol. The maximum Gasteiger partial charge on any atom is 0.263 e. The average Bonchev–Trinajstić information content (AvgIpc) is 3.46. The molecule has 1 saturated carbocycles. The van der Waals surface area contributed by atoms with Crippen LogP contribution in [0.25, 0.3) is 11.0 Å². The minimum atomic E-state index is -0.247. The van der Waals surface area contributed by atoms with Crippen molar-refractivity contribution in [2.45, 2.75) is 59.4 Å². The maximum absolute atomic E-state index is 13.4. The highest BCUT2D eigenvalue weighted by molar-refractivity contribution is 7.79. The number of piperazine rings is 1. The molecule has 1 saturated heterocycles. The number of Topliss-reactive ketones (excluding diaryl/α,β-unsaturated/α-hetero) is 1. The van der Waals surface area contributed by atoms with Crippen LogP contribution in [-0.4, -0.2) is 69.7 Å². The van der Waals surface area contributed by atoms with Crippen LogP contribution in [-0.2, 0) is 0 Å². The summed E-state index contributed by atoms with van der Waals surface area (Å²) < 4.78 is 1.73. The molecule has 0 unspecified atom stereocenters. The van der Waals surface area contributed by atoms with Gasteiger partial charge >= 0.3 is 0 Å². The molecule has 9 nitrogen and oxygen atoms in total. The first-order valence-electron chi connectivity index (χ1n) is 13.5.